The number of imidazole rings is 1. The summed E-state index contributed by atoms with van der Waals surface area (Å²) in [6, 6.07) is 0.130. The second-order valence-corrected chi connectivity index (χ2v) is 12.8. The molecule has 2 amide bonds. The van der Waals surface area contributed by atoms with Crippen LogP contribution in [0.2, 0.25) is 0 Å². The van der Waals surface area contributed by atoms with E-state index in [-0.39, 0.29) is 84.7 Å². The van der Waals surface area contributed by atoms with Crippen molar-refractivity contribution in [1.82, 2.24) is 96.1 Å². The summed E-state index contributed by atoms with van der Waals surface area (Å²) in [6.45, 7) is 5.33. The number of hydrogen-bond donors (Lipinski definition) is 0. The lowest BCUT2D eigenvalue weighted by atomic mass is 10.6. The number of aryl methyl sites for hydroxylation is 12. The molecule has 1 aliphatic heterocycles. The molecule has 0 aliphatic carbocycles. The van der Waals surface area contributed by atoms with E-state index in [4.69, 9.17) is 0 Å². The predicted molar refractivity (Wildman–Crippen MR) is 251 cm³/mol. The Labute approximate surface area is 376 Å². The SMILES string of the molecule is C.C.C.C.C.C.CN1CCN(C)C1=O.Cc1nn(C)c(=O)n1C.Cc1nn(C)c(=O)n1C.Cn1ccn(C)c1=O.Cn1cnn(C)c1=O.Cn1cnn(C)c1=O.Cn1nnn(C)c1=O. The second kappa shape index (κ2) is 30.9. The van der Waals surface area contributed by atoms with Crippen molar-refractivity contribution in [2.45, 2.75) is 58.4 Å². The molecular formula is C37H80N20O7. The average Bonchev–Trinajstić information content (AvgIpc) is 4.02. The number of aromatic nitrogens is 18. The van der Waals surface area contributed by atoms with Crippen molar-refractivity contribution in [3.8, 4) is 0 Å². The number of likely N-dealkylation sites (N-methyl/N-ethyl adjacent to an activating group) is 2. The number of nitrogens with zero attached hydrogens (tertiary/aromatic N) is 20. The Bertz CT molecular complexity index is 2210. The van der Waals surface area contributed by atoms with Crippen LogP contribution in [0.4, 0.5) is 4.79 Å². The molecule has 0 unspecified atom stereocenters. The number of rotatable bonds is 0. The number of amides is 2. The van der Waals surface area contributed by atoms with E-state index in [0.717, 1.165) is 24.7 Å². The minimum Gasteiger partial charge on any atom is -0.326 e. The highest BCUT2D eigenvalue weighted by Gasteiger charge is 2.20. The number of carbonyl (C=O) groups is 1. The molecule has 0 atom stereocenters. The zero-order chi connectivity index (χ0) is 44.8. The van der Waals surface area contributed by atoms with Crippen LogP contribution in [0.5, 0.6) is 0 Å². The molecule has 6 aromatic heterocycles. The van der Waals surface area contributed by atoms with Crippen molar-refractivity contribution in [1.29, 1.82) is 0 Å². The zero-order valence-electron chi connectivity index (χ0n) is 36.0. The fourth-order valence-corrected chi connectivity index (χ4v) is 4.09. The van der Waals surface area contributed by atoms with Gasteiger partial charge in [0.15, 0.2) is 0 Å². The molecule has 6 aromatic rings. The van der Waals surface area contributed by atoms with Crippen LogP contribution in [0.15, 0.2) is 53.8 Å². The Hall–Kier alpha value is -7.09. The van der Waals surface area contributed by atoms with Gasteiger partial charge in [0.2, 0.25) is 0 Å². The average molecular weight is 917 g/mol. The van der Waals surface area contributed by atoms with Crippen LogP contribution in [0.25, 0.3) is 0 Å². The smallest absolute Gasteiger partial charge is 0.326 e. The molecule has 1 saturated heterocycles. The third-order valence-corrected chi connectivity index (χ3v) is 8.04. The van der Waals surface area contributed by atoms with Crippen LogP contribution >= 0.6 is 0 Å². The molecule has 1 fully saturated rings. The fraction of sp³-hybridized carbons (Fsp3) is 0.649. The van der Waals surface area contributed by atoms with Crippen molar-refractivity contribution in [3.05, 3.63) is 99.6 Å². The summed E-state index contributed by atoms with van der Waals surface area (Å²) in [4.78, 5) is 78.4. The predicted octanol–water partition coefficient (Wildman–Crippen LogP) is -0.870. The maximum absolute atomic E-state index is 10.9. The van der Waals surface area contributed by atoms with Crippen LogP contribution in [0.1, 0.15) is 56.2 Å². The molecule has 0 radical (unpaired) electrons. The summed E-state index contributed by atoms with van der Waals surface area (Å²) < 4.78 is 16.4. The molecule has 370 valence electrons. The Morgan fingerprint density at radius 3 is 0.750 bits per heavy atom. The van der Waals surface area contributed by atoms with Gasteiger partial charge in [0.05, 0.1) is 0 Å². The van der Waals surface area contributed by atoms with E-state index in [0.29, 0.717) is 0 Å². The summed E-state index contributed by atoms with van der Waals surface area (Å²) >= 11 is 0. The molecule has 64 heavy (non-hydrogen) atoms. The number of urea groups is 1. The second-order valence-electron chi connectivity index (χ2n) is 12.8. The summed E-state index contributed by atoms with van der Waals surface area (Å²) in [5.41, 5.74) is -0.523. The van der Waals surface area contributed by atoms with E-state index in [9.17, 15) is 33.6 Å². The summed E-state index contributed by atoms with van der Waals surface area (Å²) in [5, 5.41) is 22.0. The van der Waals surface area contributed by atoms with Crippen LogP contribution in [-0.4, -0.2) is 129 Å². The van der Waals surface area contributed by atoms with Gasteiger partial charge in [-0.15, -0.1) is 0 Å². The van der Waals surface area contributed by atoms with E-state index >= 15 is 0 Å². The largest absolute Gasteiger partial charge is 0.363 e. The molecule has 27 nitrogen and oxygen atoms in total. The topological polar surface area (TPSA) is 262 Å². The number of carbonyl (C=O) groups excluding carboxylic acids is 1. The van der Waals surface area contributed by atoms with Gasteiger partial charge < -0.3 is 18.9 Å². The molecular weight excluding hydrogens is 837 g/mol. The summed E-state index contributed by atoms with van der Waals surface area (Å²) in [6.07, 6.45) is 6.40. The maximum Gasteiger partial charge on any atom is 0.363 e. The molecule has 0 spiro atoms. The highest BCUT2D eigenvalue weighted by Crippen LogP contribution is 2.00. The summed E-state index contributed by atoms with van der Waals surface area (Å²) in [7, 11) is 23.4. The van der Waals surface area contributed by atoms with Crippen LogP contribution in [-0.2, 0) is 84.6 Å². The molecule has 7 heterocycles. The lowest BCUT2D eigenvalue weighted by Crippen LogP contribution is -2.25. The molecule has 0 saturated carbocycles. The zero-order valence-corrected chi connectivity index (χ0v) is 36.0. The lowest BCUT2D eigenvalue weighted by Gasteiger charge is -2.07. The quantitative estimate of drug-likeness (QED) is 0.180. The standard InChI is InChI=1S/2C5H9N3O.C5H10N2O.C5H8N2O.2C4H7N3O.C3H6N4O.6CH4/c2*1-4-6-8(3)5(9)7(4)2;2*1-6-3-4-7(2)5(6)8;2*1-6-3-5-7(2)4(6)8;1-6-3(8)7(2)5-4-6;;;;;;/h2*1-3H3;3-4H2,1-2H3;3-4H,1-2H3;2*3H,1-2H3;1-2H3;6*1H4. The van der Waals surface area contributed by atoms with E-state index in [2.05, 4.69) is 30.8 Å². The van der Waals surface area contributed by atoms with Gasteiger partial charge in [-0.25, -0.2) is 52.3 Å². The van der Waals surface area contributed by atoms with Gasteiger partial charge in [0.25, 0.3) is 0 Å². The van der Waals surface area contributed by atoms with Crippen molar-refractivity contribution in [2.24, 2.45) is 84.6 Å². The van der Waals surface area contributed by atoms with Crippen LogP contribution in [0.3, 0.4) is 0 Å². The molecule has 1 aliphatic rings. The first-order valence-corrected chi connectivity index (χ1v) is 17.1. The van der Waals surface area contributed by atoms with Gasteiger partial charge in [0.1, 0.15) is 24.3 Å². The van der Waals surface area contributed by atoms with Crippen LogP contribution in [0, 0.1) is 13.8 Å². The van der Waals surface area contributed by atoms with E-state index in [1.165, 1.54) is 68.1 Å². The molecule has 27 heteroatoms. The maximum atomic E-state index is 10.9. The third-order valence-electron chi connectivity index (χ3n) is 8.04. The van der Waals surface area contributed by atoms with Gasteiger partial charge in [-0.1, -0.05) is 44.6 Å². The first kappa shape index (κ1) is 68.6. The molecule has 0 aromatic carbocycles. The Balaban J connectivity index is -0.000000151. The van der Waals surface area contributed by atoms with Gasteiger partial charge in [-0.3, -0.25) is 18.3 Å². The van der Waals surface area contributed by atoms with Gasteiger partial charge >= 0.3 is 40.2 Å². The van der Waals surface area contributed by atoms with E-state index in [1.54, 1.807) is 121 Å². The minimum absolute atomic E-state index is 0. The highest BCUT2D eigenvalue weighted by molar-refractivity contribution is 5.75. The first-order chi connectivity index (χ1) is 26.8. The highest BCUT2D eigenvalue weighted by atomic mass is 16.2. The molecule has 0 N–H and O–H groups in total. The number of tetrazole rings is 1. The number of hydrogen-bond acceptors (Lipinski definition) is 13. The third kappa shape index (κ3) is 19.7. The van der Waals surface area contributed by atoms with Gasteiger partial charge in [0, 0.05) is 124 Å². The van der Waals surface area contributed by atoms with E-state index < -0.39 is 0 Å². The van der Waals surface area contributed by atoms with E-state index in [1.807, 2.05) is 14.1 Å². The normalized spacial score (nSPS) is 10.3. The van der Waals surface area contributed by atoms with Crippen LogP contribution < -0.4 is 34.1 Å². The van der Waals surface area contributed by atoms with Gasteiger partial charge in [-0.2, -0.15) is 29.8 Å². The van der Waals surface area contributed by atoms with Gasteiger partial charge in [-0.05, 0) is 24.3 Å². The Kier molecular flexibility index (Phi) is 33.1. The van der Waals surface area contributed by atoms with Crippen molar-refractivity contribution in [2.75, 3.05) is 27.2 Å². The van der Waals surface area contributed by atoms with Crippen molar-refractivity contribution < 1.29 is 4.79 Å². The summed E-state index contributed by atoms with van der Waals surface area (Å²) in [5.74, 6) is 1.48. The monoisotopic (exact) mass is 917 g/mol. The first-order valence-electron chi connectivity index (χ1n) is 17.1. The molecule has 0 bridgehead atoms. The fourth-order valence-electron chi connectivity index (χ4n) is 4.09. The molecule has 7 rings (SSSR count). The Morgan fingerprint density at radius 1 is 0.375 bits per heavy atom. The Morgan fingerprint density at radius 2 is 0.672 bits per heavy atom. The lowest BCUT2D eigenvalue weighted by molar-refractivity contribution is 0.205. The minimum atomic E-state index is -0.204. The van der Waals surface area contributed by atoms with Crippen molar-refractivity contribution in [3.63, 3.8) is 0 Å². The van der Waals surface area contributed by atoms with Crippen molar-refractivity contribution >= 4 is 6.03 Å².